The van der Waals surface area contributed by atoms with Crippen molar-refractivity contribution >= 4 is 0 Å². The van der Waals surface area contributed by atoms with Gasteiger partial charge in [-0.1, -0.05) is 0 Å². The van der Waals surface area contributed by atoms with Gasteiger partial charge in [-0.25, -0.2) is 4.98 Å². The first-order valence-electron chi connectivity index (χ1n) is 5.43. The SMILES string of the molecule is C[C@@H]1CNCCN1Cc1nccn1C(F)F. The van der Waals surface area contributed by atoms with Gasteiger partial charge in [0.05, 0.1) is 6.54 Å². The van der Waals surface area contributed by atoms with Gasteiger partial charge in [-0.2, -0.15) is 8.78 Å². The molecule has 1 aromatic heterocycles. The van der Waals surface area contributed by atoms with E-state index in [1.165, 1.54) is 12.4 Å². The lowest BCUT2D eigenvalue weighted by molar-refractivity contribution is 0.0612. The first-order chi connectivity index (χ1) is 7.68. The average Bonchev–Trinajstić information content (AvgIpc) is 2.69. The molecule has 0 radical (unpaired) electrons. The largest absolute Gasteiger partial charge is 0.319 e. The second-order valence-corrected chi connectivity index (χ2v) is 4.05. The highest BCUT2D eigenvalue weighted by Gasteiger charge is 2.21. The van der Waals surface area contributed by atoms with Crippen molar-refractivity contribution in [3.8, 4) is 0 Å². The lowest BCUT2D eigenvalue weighted by atomic mass is 10.2. The van der Waals surface area contributed by atoms with Crippen LogP contribution in [-0.2, 0) is 6.54 Å². The van der Waals surface area contributed by atoms with E-state index in [0.717, 1.165) is 24.2 Å². The van der Waals surface area contributed by atoms with Crippen LogP contribution in [0.1, 0.15) is 19.3 Å². The number of alkyl halides is 2. The zero-order valence-electron chi connectivity index (χ0n) is 9.24. The summed E-state index contributed by atoms with van der Waals surface area (Å²) in [7, 11) is 0. The zero-order chi connectivity index (χ0) is 11.5. The van der Waals surface area contributed by atoms with Crippen LogP contribution in [0.15, 0.2) is 12.4 Å². The third-order valence-corrected chi connectivity index (χ3v) is 2.94. The Bertz CT molecular complexity index is 339. The number of piperazine rings is 1. The number of nitrogens with zero attached hydrogens (tertiary/aromatic N) is 3. The number of imidazole rings is 1. The summed E-state index contributed by atoms with van der Waals surface area (Å²) in [5.74, 6) is 0.434. The van der Waals surface area contributed by atoms with Gasteiger partial charge in [0.2, 0.25) is 0 Å². The molecule has 4 nitrogen and oxygen atoms in total. The Balaban J connectivity index is 2.04. The molecule has 2 rings (SSSR count). The third kappa shape index (κ3) is 2.38. The standard InChI is InChI=1S/C10H16F2N4/c1-8-6-13-2-4-15(8)7-9-14-3-5-16(9)10(11)12/h3,5,8,10,13H,2,4,6-7H2,1H3/t8-/m1/s1. The van der Waals surface area contributed by atoms with E-state index in [0.29, 0.717) is 18.4 Å². The number of halogens is 2. The Morgan fingerprint density at radius 1 is 1.62 bits per heavy atom. The van der Waals surface area contributed by atoms with Crippen molar-refractivity contribution in [2.75, 3.05) is 19.6 Å². The molecule has 0 bridgehead atoms. The molecule has 0 saturated carbocycles. The van der Waals surface area contributed by atoms with Crippen LogP contribution in [0.2, 0.25) is 0 Å². The molecular formula is C10H16F2N4. The zero-order valence-corrected chi connectivity index (χ0v) is 9.24. The molecule has 90 valence electrons. The van der Waals surface area contributed by atoms with Crippen molar-refractivity contribution in [3.05, 3.63) is 18.2 Å². The van der Waals surface area contributed by atoms with Crippen LogP contribution in [0.25, 0.3) is 0 Å². The Labute approximate surface area is 93.3 Å². The number of hydrogen-bond donors (Lipinski definition) is 1. The lowest BCUT2D eigenvalue weighted by Gasteiger charge is -2.33. The van der Waals surface area contributed by atoms with Crippen LogP contribution in [0.3, 0.4) is 0 Å². The highest BCUT2D eigenvalue weighted by Crippen LogP contribution is 2.15. The lowest BCUT2D eigenvalue weighted by Crippen LogP contribution is -2.49. The minimum atomic E-state index is -2.50. The van der Waals surface area contributed by atoms with Crippen LogP contribution in [-0.4, -0.2) is 40.1 Å². The first kappa shape index (κ1) is 11.5. The van der Waals surface area contributed by atoms with E-state index in [1.807, 2.05) is 0 Å². The molecule has 1 fully saturated rings. The third-order valence-electron chi connectivity index (χ3n) is 2.94. The fourth-order valence-corrected chi connectivity index (χ4v) is 1.94. The Morgan fingerprint density at radius 3 is 3.12 bits per heavy atom. The maximum atomic E-state index is 12.6. The summed E-state index contributed by atoms with van der Waals surface area (Å²) < 4.78 is 26.1. The van der Waals surface area contributed by atoms with E-state index in [9.17, 15) is 8.78 Å². The van der Waals surface area contributed by atoms with Crippen LogP contribution < -0.4 is 5.32 Å². The fraction of sp³-hybridized carbons (Fsp3) is 0.700. The van der Waals surface area contributed by atoms with Gasteiger partial charge >= 0.3 is 6.55 Å². The molecule has 0 aliphatic carbocycles. The second kappa shape index (κ2) is 4.88. The molecule has 0 unspecified atom stereocenters. The van der Waals surface area contributed by atoms with Crippen molar-refractivity contribution in [1.29, 1.82) is 0 Å². The van der Waals surface area contributed by atoms with Gasteiger partial charge in [-0.15, -0.1) is 0 Å². The predicted octanol–water partition coefficient (Wildman–Crippen LogP) is 1.07. The molecule has 0 amide bonds. The van der Waals surface area contributed by atoms with Gasteiger partial charge in [-0.3, -0.25) is 9.47 Å². The summed E-state index contributed by atoms with van der Waals surface area (Å²) in [6, 6.07) is 0.358. The molecule has 1 saturated heterocycles. The Kier molecular flexibility index (Phi) is 3.50. The molecule has 0 spiro atoms. The van der Waals surface area contributed by atoms with E-state index in [4.69, 9.17) is 0 Å². The van der Waals surface area contributed by atoms with Gasteiger partial charge < -0.3 is 5.32 Å². The molecule has 1 aliphatic rings. The highest BCUT2D eigenvalue weighted by atomic mass is 19.3. The van der Waals surface area contributed by atoms with Crippen LogP contribution in [0.5, 0.6) is 0 Å². The minimum Gasteiger partial charge on any atom is -0.314 e. The monoisotopic (exact) mass is 230 g/mol. The van der Waals surface area contributed by atoms with Crippen molar-refractivity contribution in [1.82, 2.24) is 19.8 Å². The summed E-state index contributed by atoms with van der Waals surface area (Å²) in [5, 5.41) is 3.26. The van der Waals surface area contributed by atoms with E-state index in [-0.39, 0.29) is 0 Å². The minimum absolute atomic E-state index is 0.358. The fourth-order valence-electron chi connectivity index (χ4n) is 1.94. The molecule has 16 heavy (non-hydrogen) atoms. The molecule has 0 aromatic carbocycles. The van der Waals surface area contributed by atoms with Crippen LogP contribution >= 0.6 is 0 Å². The molecule has 1 aromatic rings. The summed E-state index contributed by atoms with van der Waals surface area (Å²) in [4.78, 5) is 6.15. The van der Waals surface area contributed by atoms with Crippen molar-refractivity contribution in [2.45, 2.75) is 26.1 Å². The summed E-state index contributed by atoms with van der Waals surface area (Å²) in [5.41, 5.74) is 0. The second-order valence-electron chi connectivity index (χ2n) is 4.05. The molecule has 1 aliphatic heterocycles. The number of hydrogen-bond acceptors (Lipinski definition) is 3. The number of nitrogens with one attached hydrogen (secondary N) is 1. The van der Waals surface area contributed by atoms with Crippen molar-refractivity contribution < 1.29 is 8.78 Å². The average molecular weight is 230 g/mol. The maximum absolute atomic E-state index is 12.6. The van der Waals surface area contributed by atoms with Crippen molar-refractivity contribution in [3.63, 3.8) is 0 Å². The maximum Gasteiger partial charge on any atom is 0.319 e. The quantitative estimate of drug-likeness (QED) is 0.843. The normalized spacial score (nSPS) is 22.9. The number of aromatic nitrogens is 2. The smallest absolute Gasteiger partial charge is 0.314 e. The Morgan fingerprint density at radius 2 is 2.44 bits per heavy atom. The van der Waals surface area contributed by atoms with Gasteiger partial charge in [-0.05, 0) is 6.92 Å². The highest BCUT2D eigenvalue weighted by molar-refractivity contribution is 4.94. The molecular weight excluding hydrogens is 214 g/mol. The van der Waals surface area contributed by atoms with E-state index < -0.39 is 6.55 Å². The summed E-state index contributed by atoms with van der Waals surface area (Å²) in [6.45, 7) is 2.74. The van der Waals surface area contributed by atoms with Gasteiger partial charge in [0.1, 0.15) is 5.82 Å². The van der Waals surface area contributed by atoms with E-state index in [2.05, 4.69) is 22.1 Å². The molecule has 2 heterocycles. The van der Waals surface area contributed by atoms with Crippen LogP contribution in [0, 0.1) is 0 Å². The molecule has 6 heteroatoms. The predicted molar refractivity (Wildman–Crippen MR) is 56.2 cm³/mol. The van der Waals surface area contributed by atoms with Crippen molar-refractivity contribution in [2.24, 2.45) is 0 Å². The summed E-state index contributed by atoms with van der Waals surface area (Å²) >= 11 is 0. The summed E-state index contributed by atoms with van der Waals surface area (Å²) in [6.07, 6.45) is 2.75. The first-order valence-corrected chi connectivity index (χ1v) is 5.43. The topological polar surface area (TPSA) is 33.1 Å². The number of rotatable bonds is 3. The molecule has 1 N–H and O–H groups in total. The van der Waals surface area contributed by atoms with Gasteiger partial charge in [0, 0.05) is 38.1 Å². The van der Waals surface area contributed by atoms with E-state index >= 15 is 0 Å². The van der Waals surface area contributed by atoms with Gasteiger partial charge in [0.15, 0.2) is 0 Å². The van der Waals surface area contributed by atoms with Crippen LogP contribution in [0.4, 0.5) is 8.78 Å². The van der Waals surface area contributed by atoms with E-state index in [1.54, 1.807) is 0 Å². The Hall–Kier alpha value is -1.01. The molecule has 1 atom stereocenters. The van der Waals surface area contributed by atoms with Gasteiger partial charge in [0.25, 0.3) is 0 Å².